The molecular weight excluding hydrogens is 330 g/mol. The first-order valence-corrected chi connectivity index (χ1v) is 9.22. The van der Waals surface area contributed by atoms with Crippen LogP contribution in [0.1, 0.15) is 0 Å². The molecule has 0 amide bonds. The lowest BCUT2D eigenvalue weighted by atomic mass is 10.1. The van der Waals surface area contributed by atoms with Crippen molar-refractivity contribution < 1.29 is 4.42 Å². The van der Waals surface area contributed by atoms with Gasteiger partial charge in [0.25, 0.3) is 0 Å². The summed E-state index contributed by atoms with van der Waals surface area (Å²) in [6, 6.07) is 22.2. The second-order valence-corrected chi connectivity index (χ2v) is 7.16. The zero-order valence-electron chi connectivity index (χ0n) is 13.3. The number of hydrogen-bond donors (Lipinski definition) is 2. The van der Waals surface area contributed by atoms with E-state index in [1.165, 1.54) is 0 Å². The highest BCUT2D eigenvalue weighted by atomic mass is 32.2. The second kappa shape index (κ2) is 5.58. The van der Waals surface area contributed by atoms with Crippen LogP contribution in [0.5, 0.6) is 0 Å². The summed E-state index contributed by atoms with van der Waals surface area (Å²) in [5.41, 5.74) is 3.71. The van der Waals surface area contributed by atoms with Gasteiger partial charge < -0.3 is 9.40 Å². The number of fused-ring (bicyclic) bond motifs is 4. The summed E-state index contributed by atoms with van der Waals surface area (Å²) < 4.78 is 10.6. The Morgan fingerprint density at radius 2 is 1.60 bits per heavy atom. The van der Waals surface area contributed by atoms with Crippen LogP contribution in [0.2, 0.25) is 0 Å². The van der Waals surface area contributed by atoms with E-state index in [-0.39, 0.29) is 0 Å². The standard InChI is InChI=1S/C20H15N3OS/c21-25(23-18-12-22-17-7-3-1-6-15(17)18)13-9-10-20-16(11-13)14-5-2-4-8-19(14)24-20/h1-12,22H,(H2,21,23). The van der Waals surface area contributed by atoms with Gasteiger partial charge >= 0.3 is 0 Å². The third kappa shape index (κ3) is 2.36. The van der Waals surface area contributed by atoms with E-state index < -0.39 is 10.9 Å². The van der Waals surface area contributed by atoms with E-state index in [9.17, 15) is 0 Å². The van der Waals surface area contributed by atoms with Gasteiger partial charge in [0.1, 0.15) is 11.2 Å². The predicted octanol–water partition coefficient (Wildman–Crippen LogP) is 5.43. The van der Waals surface area contributed by atoms with Gasteiger partial charge in [0.15, 0.2) is 0 Å². The highest BCUT2D eigenvalue weighted by Gasteiger charge is 2.09. The highest BCUT2D eigenvalue weighted by molar-refractivity contribution is 7.85. The Bertz CT molecular complexity index is 1270. The van der Waals surface area contributed by atoms with E-state index in [1.54, 1.807) is 0 Å². The molecule has 0 bridgehead atoms. The normalized spacial score (nSPS) is 13.2. The molecule has 3 aromatic carbocycles. The summed E-state index contributed by atoms with van der Waals surface area (Å²) in [5, 5.41) is 9.66. The molecule has 0 fully saturated rings. The van der Waals surface area contributed by atoms with Crippen LogP contribution in [-0.2, 0) is 10.9 Å². The molecule has 1 atom stereocenters. The van der Waals surface area contributed by atoms with Crippen molar-refractivity contribution in [2.75, 3.05) is 0 Å². The van der Waals surface area contributed by atoms with Gasteiger partial charge in [-0.05, 0) is 30.3 Å². The van der Waals surface area contributed by atoms with Gasteiger partial charge in [-0.25, -0.2) is 4.36 Å². The number of nitrogens with one attached hydrogen (secondary N) is 1. The van der Waals surface area contributed by atoms with Crippen LogP contribution < -0.4 is 5.14 Å². The summed E-state index contributed by atoms with van der Waals surface area (Å²) in [6.07, 6.45) is 1.91. The van der Waals surface area contributed by atoms with E-state index >= 15 is 0 Å². The molecule has 5 rings (SSSR count). The first-order valence-electron chi connectivity index (χ1n) is 7.97. The van der Waals surface area contributed by atoms with Crippen molar-refractivity contribution in [3.05, 3.63) is 72.9 Å². The number of nitrogens with two attached hydrogens (primary N) is 1. The summed E-state index contributed by atoms with van der Waals surface area (Å²) in [5.74, 6) is 0. The van der Waals surface area contributed by atoms with Crippen LogP contribution in [0.4, 0.5) is 5.69 Å². The average Bonchev–Trinajstić information content (AvgIpc) is 3.22. The lowest BCUT2D eigenvalue weighted by Gasteiger charge is -2.02. The summed E-state index contributed by atoms with van der Waals surface area (Å²) in [7, 11) is -0.739. The first kappa shape index (κ1) is 14.5. The van der Waals surface area contributed by atoms with Gasteiger partial charge in [-0.2, -0.15) is 0 Å². The highest BCUT2D eigenvalue weighted by Crippen LogP contribution is 2.31. The van der Waals surface area contributed by atoms with Crippen molar-refractivity contribution in [1.29, 1.82) is 0 Å². The molecule has 5 aromatic rings. The molecule has 3 N–H and O–H groups in total. The van der Waals surface area contributed by atoms with Crippen LogP contribution in [-0.4, -0.2) is 4.98 Å². The van der Waals surface area contributed by atoms with Gasteiger partial charge in [0.2, 0.25) is 0 Å². The molecule has 25 heavy (non-hydrogen) atoms. The van der Waals surface area contributed by atoms with Crippen LogP contribution in [0.3, 0.4) is 0 Å². The zero-order valence-corrected chi connectivity index (χ0v) is 14.1. The van der Waals surface area contributed by atoms with Crippen LogP contribution in [0.25, 0.3) is 32.8 Å². The number of aromatic nitrogens is 1. The van der Waals surface area contributed by atoms with E-state index in [1.807, 2.05) is 54.7 Å². The maximum atomic E-state index is 6.40. The molecule has 122 valence electrons. The minimum Gasteiger partial charge on any atom is -0.456 e. The Morgan fingerprint density at radius 1 is 0.840 bits per heavy atom. The number of H-pyrrole nitrogens is 1. The first-order chi connectivity index (χ1) is 12.3. The van der Waals surface area contributed by atoms with E-state index in [0.29, 0.717) is 0 Å². The van der Waals surface area contributed by atoms with E-state index in [2.05, 4.69) is 23.2 Å². The molecule has 0 aliphatic carbocycles. The fourth-order valence-electron chi connectivity index (χ4n) is 3.13. The lowest BCUT2D eigenvalue weighted by Crippen LogP contribution is -2.02. The predicted molar refractivity (Wildman–Crippen MR) is 104 cm³/mol. The van der Waals surface area contributed by atoms with Crippen LogP contribution >= 0.6 is 0 Å². The molecule has 0 saturated heterocycles. The summed E-state index contributed by atoms with van der Waals surface area (Å²) >= 11 is 0. The molecule has 4 nitrogen and oxygen atoms in total. The number of rotatable bonds is 2. The van der Waals surface area contributed by atoms with Crippen molar-refractivity contribution in [3.63, 3.8) is 0 Å². The SMILES string of the molecule is NS(=Nc1c[nH]c2ccccc12)c1ccc2oc3ccccc3c2c1. The number of furan rings is 1. The second-order valence-electron chi connectivity index (χ2n) is 5.88. The van der Waals surface area contributed by atoms with Crippen molar-refractivity contribution in [2.45, 2.75) is 4.90 Å². The Morgan fingerprint density at radius 3 is 2.52 bits per heavy atom. The Kier molecular flexibility index (Phi) is 3.23. The molecule has 0 spiro atoms. The quantitative estimate of drug-likeness (QED) is 0.448. The Hall–Kier alpha value is -2.89. The van der Waals surface area contributed by atoms with Crippen LogP contribution in [0, 0.1) is 0 Å². The summed E-state index contributed by atoms with van der Waals surface area (Å²) in [4.78, 5) is 4.22. The fourth-order valence-corrected chi connectivity index (χ4v) is 4.04. The van der Waals surface area contributed by atoms with Gasteiger partial charge in [-0.3, -0.25) is 5.14 Å². The van der Waals surface area contributed by atoms with Crippen molar-refractivity contribution in [2.24, 2.45) is 9.50 Å². The number of aromatic amines is 1. The Balaban J connectivity index is 1.65. The third-order valence-corrected chi connectivity index (χ3v) is 5.48. The van der Waals surface area contributed by atoms with Gasteiger partial charge in [-0.1, -0.05) is 36.4 Å². The van der Waals surface area contributed by atoms with Crippen molar-refractivity contribution >= 4 is 49.4 Å². The van der Waals surface area contributed by atoms with E-state index in [4.69, 9.17) is 13.9 Å². The molecule has 0 aliphatic heterocycles. The van der Waals surface area contributed by atoms with E-state index in [0.717, 1.165) is 43.4 Å². The molecule has 2 aromatic heterocycles. The number of benzene rings is 3. The monoisotopic (exact) mass is 345 g/mol. The molecule has 0 radical (unpaired) electrons. The van der Waals surface area contributed by atoms with Crippen molar-refractivity contribution in [3.8, 4) is 0 Å². The number of para-hydroxylation sites is 2. The molecule has 1 unspecified atom stereocenters. The molecule has 2 heterocycles. The number of hydrogen-bond acceptors (Lipinski definition) is 2. The van der Waals surface area contributed by atoms with Gasteiger partial charge in [0.05, 0.1) is 5.69 Å². The average molecular weight is 345 g/mol. The largest absolute Gasteiger partial charge is 0.456 e. The van der Waals surface area contributed by atoms with Gasteiger partial charge in [-0.15, -0.1) is 0 Å². The maximum absolute atomic E-state index is 6.40. The maximum Gasteiger partial charge on any atom is 0.135 e. The fraction of sp³-hybridized carbons (Fsp3) is 0. The summed E-state index contributed by atoms with van der Waals surface area (Å²) in [6.45, 7) is 0. The smallest absolute Gasteiger partial charge is 0.135 e. The molecule has 5 heteroatoms. The molecule has 0 saturated carbocycles. The minimum atomic E-state index is -0.739. The lowest BCUT2D eigenvalue weighted by molar-refractivity contribution is 0.668. The topological polar surface area (TPSA) is 67.3 Å². The Labute approximate surface area is 146 Å². The third-order valence-electron chi connectivity index (χ3n) is 4.35. The molecular formula is C20H15N3OS. The molecule has 0 aliphatic rings. The van der Waals surface area contributed by atoms with Crippen molar-refractivity contribution in [1.82, 2.24) is 4.98 Å². The number of nitrogens with zero attached hydrogens (tertiary/aromatic N) is 1. The van der Waals surface area contributed by atoms with Gasteiger partial charge in [0, 0.05) is 43.6 Å². The zero-order chi connectivity index (χ0) is 16.8. The van der Waals surface area contributed by atoms with Crippen LogP contribution in [0.15, 0.2) is 86.6 Å². The minimum absolute atomic E-state index is 0.739.